The largest absolute Gasteiger partial charge is 0.462 e. The molecule has 0 bridgehead atoms. The van der Waals surface area contributed by atoms with E-state index < -0.39 is 5.82 Å². The highest BCUT2D eigenvalue weighted by Gasteiger charge is 2.01. The van der Waals surface area contributed by atoms with E-state index in [1.807, 2.05) is 32.0 Å². The SMILES string of the molecule is Cc1ccc(NC(=O)C=COc2ccccc2F)cc1C. The third-order valence-corrected chi connectivity index (χ3v) is 3.03. The van der Waals surface area contributed by atoms with Gasteiger partial charge in [-0.25, -0.2) is 4.39 Å². The first-order valence-electron chi connectivity index (χ1n) is 6.52. The van der Waals surface area contributed by atoms with Gasteiger partial charge in [-0.05, 0) is 49.2 Å². The van der Waals surface area contributed by atoms with Crippen LogP contribution in [0.5, 0.6) is 5.75 Å². The molecule has 0 saturated heterocycles. The van der Waals surface area contributed by atoms with E-state index in [9.17, 15) is 9.18 Å². The Morgan fingerprint density at radius 1 is 1.14 bits per heavy atom. The van der Waals surface area contributed by atoms with Crippen molar-refractivity contribution in [2.45, 2.75) is 13.8 Å². The zero-order valence-electron chi connectivity index (χ0n) is 11.9. The molecule has 0 aliphatic heterocycles. The Morgan fingerprint density at radius 3 is 2.62 bits per heavy atom. The van der Waals surface area contributed by atoms with E-state index in [-0.39, 0.29) is 11.7 Å². The second-order valence-electron chi connectivity index (χ2n) is 4.64. The maximum absolute atomic E-state index is 13.3. The number of ether oxygens (including phenoxy) is 1. The second kappa shape index (κ2) is 6.70. The number of anilines is 1. The minimum absolute atomic E-state index is 0.0766. The van der Waals surface area contributed by atoms with Gasteiger partial charge in [0.05, 0.1) is 6.26 Å². The van der Waals surface area contributed by atoms with Crippen LogP contribution in [0.25, 0.3) is 0 Å². The van der Waals surface area contributed by atoms with Crippen LogP contribution in [0.15, 0.2) is 54.8 Å². The zero-order chi connectivity index (χ0) is 15.2. The topological polar surface area (TPSA) is 38.3 Å². The third-order valence-electron chi connectivity index (χ3n) is 3.03. The van der Waals surface area contributed by atoms with Crippen LogP contribution in [0.2, 0.25) is 0 Å². The van der Waals surface area contributed by atoms with Gasteiger partial charge in [0.1, 0.15) is 0 Å². The molecule has 108 valence electrons. The zero-order valence-corrected chi connectivity index (χ0v) is 11.9. The number of para-hydroxylation sites is 1. The van der Waals surface area contributed by atoms with Crippen LogP contribution in [-0.2, 0) is 4.79 Å². The van der Waals surface area contributed by atoms with Crippen molar-refractivity contribution in [3.8, 4) is 5.75 Å². The molecule has 3 nitrogen and oxygen atoms in total. The Bertz CT molecular complexity index is 680. The Morgan fingerprint density at radius 2 is 1.90 bits per heavy atom. The lowest BCUT2D eigenvalue weighted by Crippen LogP contribution is -2.08. The van der Waals surface area contributed by atoms with Crippen molar-refractivity contribution in [3.05, 3.63) is 71.7 Å². The number of hydrogen-bond donors (Lipinski definition) is 1. The van der Waals surface area contributed by atoms with Gasteiger partial charge in [-0.2, -0.15) is 0 Å². The van der Waals surface area contributed by atoms with Crippen molar-refractivity contribution in [1.82, 2.24) is 0 Å². The van der Waals surface area contributed by atoms with Crippen molar-refractivity contribution in [3.63, 3.8) is 0 Å². The normalized spacial score (nSPS) is 10.6. The highest BCUT2D eigenvalue weighted by Crippen LogP contribution is 2.16. The molecule has 2 aromatic carbocycles. The van der Waals surface area contributed by atoms with E-state index in [4.69, 9.17) is 4.74 Å². The Kier molecular flexibility index (Phi) is 4.72. The number of rotatable bonds is 4. The number of carbonyl (C=O) groups excluding carboxylic acids is 1. The van der Waals surface area contributed by atoms with Crippen molar-refractivity contribution in [1.29, 1.82) is 0 Å². The van der Waals surface area contributed by atoms with E-state index in [1.54, 1.807) is 12.1 Å². The van der Waals surface area contributed by atoms with Gasteiger partial charge in [-0.1, -0.05) is 18.2 Å². The lowest BCUT2D eigenvalue weighted by atomic mass is 10.1. The minimum atomic E-state index is -0.475. The van der Waals surface area contributed by atoms with Crippen LogP contribution >= 0.6 is 0 Å². The van der Waals surface area contributed by atoms with Gasteiger partial charge < -0.3 is 10.1 Å². The fourth-order valence-corrected chi connectivity index (χ4v) is 1.71. The van der Waals surface area contributed by atoms with Crippen LogP contribution in [-0.4, -0.2) is 5.91 Å². The molecular weight excluding hydrogens is 269 g/mol. The standard InChI is InChI=1S/C17H16FNO2/c1-12-7-8-14(11-13(12)2)19-17(20)9-10-21-16-6-4-3-5-15(16)18/h3-11H,1-2H3,(H,19,20). The summed E-state index contributed by atoms with van der Waals surface area (Å²) in [7, 11) is 0. The average molecular weight is 285 g/mol. The summed E-state index contributed by atoms with van der Waals surface area (Å²) in [6.45, 7) is 3.98. The molecule has 0 saturated carbocycles. The molecule has 1 N–H and O–H groups in total. The van der Waals surface area contributed by atoms with Crippen molar-refractivity contribution in [2.24, 2.45) is 0 Å². The molecule has 0 radical (unpaired) electrons. The summed E-state index contributed by atoms with van der Waals surface area (Å²) in [5, 5.41) is 2.71. The number of carbonyl (C=O) groups is 1. The maximum atomic E-state index is 13.3. The van der Waals surface area contributed by atoms with Gasteiger partial charge in [-0.3, -0.25) is 4.79 Å². The maximum Gasteiger partial charge on any atom is 0.251 e. The van der Waals surface area contributed by atoms with Crippen molar-refractivity contribution in [2.75, 3.05) is 5.32 Å². The summed E-state index contributed by atoms with van der Waals surface area (Å²) in [4.78, 5) is 11.7. The van der Waals surface area contributed by atoms with E-state index in [1.165, 1.54) is 18.2 Å². The highest BCUT2D eigenvalue weighted by molar-refractivity contribution is 5.99. The molecular formula is C17H16FNO2. The first-order chi connectivity index (χ1) is 10.1. The monoisotopic (exact) mass is 285 g/mol. The molecule has 0 fully saturated rings. The number of aryl methyl sites for hydroxylation is 2. The van der Waals surface area contributed by atoms with Gasteiger partial charge in [0.25, 0.3) is 5.91 Å². The van der Waals surface area contributed by atoms with Crippen LogP contribution in [0, 0.1) is 19.7 Å². The van der Waals surface area contributed by atoms with Crippen molar-refractivity contribution >= 4 is 11.6 Å². The minimum Gasteiger partial charge on any atom is -0.462 e. The highest BCUT2D eigenvalue weighted by atomic mass is 19.1. The molecule has 2 aromatic rings. The van der Waals surface area contributed by atoms with Gasteiger partial charge in [0.2, 0.25) is 0 Å². The smallest absolute Gasteiger partial charge is 0.251 e. The van der Waals surface area contributed by atoms with Gasteiger partial charge in [-0.15, -0.1) is 0 Å². The molecule has 0 aliphatic carbocycles. The van der Waals surface area contributed by atoms with E-state index in [0.717, 1.165) is 17.4 Å². The molecule has 0 aliphatic rings. The summed E-state index contributed by atoms with van der Waals surface area (Å²) >= 11 is 0. The van der Waals surface area contributed by atoms with Crippen LogP contribution in [0.4, 0.5) is 10.1 Å². The van der Waals surface area contributed by atoms with Crippen LogP contribution in [0.1, 0.15) is 11.1 Å². The number of amides is 1. The van der Waals surface area contributed by atoms with Crippen LogP contribution < -0.4 is 10.1 Å². The first-order valence-corrected chi connectivity index (χ1v) is 6.52. The summed E-state index contributed by atoms with van der Waals surface area (Å²) < 4.78 is 18.4. The molecule has 2 rings (SSSR count). The van der Waals surface area contributed by atoms with E-state index in [0.29, 0.717) is 5.69 Å². The predicted octanol–water partition coefficient (Wildman–Crippen LogP) is 3.97. The fourth-order valence-electron chi connectivity index (χ4n) is 1.71. The molecule has 21 heavy (non-hydrogen) atoms. The number of hydrogen-bond acceptors (Lipinski definition) is 2. The Balaban J connectivity index is 1.94. The van der Waals surface area contributed by atoms with Gasteiger partial charge in [0.15, 0.2) is 11.6 Å². The summed E-state index contributed by atoms with van der Waals surface area (Å²) in [5.41, 5.74) is 2.96. The molecule has 0 unspecified atom stereocenters. The lowest BCUT2D eigenvalue weighted by Gasteiger charge is -2.05. The van der Waals surface area contributed by atoms with Gasteiger partial charge in [0, 0.05) is 11.8 Å². The number of benzene rings is 2. The molecule has 0 aromatic heterocycles. The van der Waals surface area contributed by atoms with Crippen LogP contribution in [0.3, 0.4) is 0 Å². The Hall–Kier alpha value is -2.62. The quantitative estimate of drug-likeness (QED) is 0.681. The Labute approximate surface area is 123 Å². The average Bonchev–Trinajstić information content (AvgIpc) is 2.45. The number of nitrogens with one attached hydrogen (secondary N) is 1. The fraction of sp³-hybridized carbons (Fsp3) is 0.118. The lowest BCUT2D eigenvalue weighted by molar-refractivity contribution is -0.112. The molecule has 4 heteroatoms. The summed E-state index contributed by atoms with van der Waals surface area (Å²) in [6.07, 6.45) is 2.37. The van der Waals surface area contributed by atoms with E-state index in [2.05, 4.69) is 5.32 Å². The molecule has 0 atom stereocenters. The molecule has 1 amide bonds. The molecule has 0 spiro atoms. The molecule has 0 heterocycles. The predicted molar refractivity (Wildman–Crippen MR) is 80.7 cm³/mol. The summed E-state index contributed by atoms with van der Waals surface area (Å²) in [6, 6.07) is 11.6. The summed E-state index contributed by atoms with van der Waals surface area (Å²) in [5.74, 6) is -0.737. The number of halogens is 1. The van der Waals surface area contributed by atoms with Crippen molar-refractivity contribution < 1.29 is 13.9 Å². The second-order valence-corrected chi connectivity index (χ2v) is 4.64. The van der Waals surface area contributed by atoms with Gasteiger partial charge >= 0.3 is 0 Å². The first kappa shape index (κ1) is 14.8. The van der Waals surface area contributed by atoms with E-state index >= 15 is 0 Å². The third kappa shape index (κ3) is 4.18.